The number of rotatable bonds is 2. The molecule has 16 heavy (non-hydrogen) atoms. The zero-order valence-electron chi connectivity index (χ0n) is 9.44. The van der Waals surface area contributed by atoms with Crippen LogP contribution < -0.4 is 5.19 Å². The molecule has 0 aliphatic heterocycles. The van der Waals surface area contributed by atoms with Crippen molar-refractivity contribution in [3.8, 4) is 0 Å². The molecule has 2 nitrogen and oxygen atoms in total. The van der Waals surface area contributed by atoms with Crippen LogP contribution in [0.25, 0.3) is 10.8 Å². The molecule has 0 aromatic heterocycles. The summed E-state index contributed by atoms with van der Waals surface area (Å²) in [5.41, 5.74) is 0. The van der Waals surface area contributed by atoms with Crippen molar-refractivity contribution in [3.05, 3.63) is 42.5 Å². The van der Waals surface area contributed by atoms with Crippen molar-refractivity contribution in [1.29, 1.82) is 0 Å². The van der Waals surface area contributed by atoms with Gasteiger partial charge in [0.05, 0.1) is 0 Å². The second-order valence-electron chi connectivity index (χ2n) is 3.82. The topological polar surface area (TPSA) is 26.3 Å². The lowest BCUT2D eigenvalue weighted by Gasteiger charge is -2.13. The van der Waals surface area contributed by atoms with Gasteiger partial charge < -0.3 is 4.43 Å². The third-order valence-electron chi connectivity index (χ3n) is 2.60. The molecule has 82 valence electrons. The van der Waals surface area contributed by atoms with E-state index in [1.54, 1.807) is 0 Å². The number of benzene rings is 2. The van der Waals surface area contributed by atoms with Crippen molar-refractivity contribution in [2.45, 2.75) is 13.5 Å². The van der Waals surface area contributed by atoms with E-state index in [0.29, 0.717) is 0 Å². The summed E-state index contributed by atoms with van der Waals surface area (Å²) in [6.45, 7) is 3.50. The van der Waals surface area contributed by atoms with Crippen LogP contribution in [0.2, 0.25) is 6.55 Å². The second-order valence-corrected chi connectivity index (χ2v) is 5.96. The molecule has 2 aromatic rings. The van der Waals surface area contributed by atoms with Gasteiger partial charge in [0, 0.05) is 6.92 Å². The number of hydrogen-bond donors (Lipinski definition) is 0. The van der Waals surface area contributed by atoms with E-state index in [0.717, 1.165) is 0 Å². The van der Waals surface area contributed by atoms with E-state index in [1.165, 1.54) is 22.9 Å². The Hall–Kier alpha value is -1.61. The van der Waals surface area contributed by atoms with E-state index >= 15 is 0 Å². The fraction of sp³-hybridized carbons (Fsp3) is 0.154. The highest BCUT2D eigenvalue weighted by molar-refractivity contribution is 6.70. The minimum Gasteiger partial charge on any atom is -0.518 e. The van der Waals surface area contributed by atoms with Crippen LogP contribution in [-0.2, 0) is 9.22 Å². The number of fused-ring (bicyclic) bond motifs is 1. The summed E-state index contributed by atoms with van der Waals surface area (Å²) in [5.74, 6) is -0.188. The van der Waals surface area contributed by atoms with Gasteiger partial charge in [-0.05, 0) is 22.5 Å². The first-order valence-corrected chi connectivity index (χ1v) is 7.53. The first-order chi connectivity index (χ1) is 7.68. The molecule has 3 heteroatoms. The van der Waals surface area contributed by atoms with Gasteiger partial charge in [0.25, 0.3) is 15.0 Å². The minimum atomic E-state index is -1.62. The van der Waals surface area contributed by atoms with E-state index in [2.05, 4.69) is 24.3 Å². The Balaban J connectivity index is 2.47. The van der Waals surface area contributed by atoms with E-state index in [4.69, 9.17) is 4.43 Å². The average Bonchev–Trinajstić information content (AvgIpc) is 2.27. The molecule has 0 heterocycles. The quantitative estimate of drug-likeness (QED) is 0.737. The lowest BCUT2D eigenvalue weighted by atomic mass is 10.1. The van der Waals surface area contributed by atoms with Crippen LogP contribution in [0.5, 0.6) is 0 Å². The van der Waals surface area contributed by atoms with Crippen molar-refractivity contribution >= 4 is 31.0 Å². The third-order valence-corrected chi connectivity index (χ3v) is 4.67. The molecule has 0 saturated carbocycles. The molecule has 0 bridgehead atoms. The van der Waals surface area contributed by atoms with Gasteiger partial charge in [-0.1, -0.05) is 42.5 Å². The predicted molar refractivity (Wildman–Crippen MR) is 68.4 cm³/mol. The highest BCUT2D eigenvalue weighted by Crippen LogP contribution is 2.11. The Morgan fingerprint density at radius 3 is 2.56 bits per heavy atom. The van der Waals surface area contributed by atoms with Gasteiger partial charge in [0.2, 0.25) is 0 Å². The number of hydrogen-bond acceptors (Lipinski definition) is 2. The van der Waals surface area contributed by atoms with Crippen LogP contribution in [0.1, 0.15) is 6.92 Å². The van der Waals surface area contributed by atoms with Gasteiger partial charge in [0.15, 0.2) is 0 Å². The highest BCUT2D eigenvalue weighted by Gasteiger charge is 2.13. The Bertz CT molecular complexity index is 517. The zero-order chi connectivity index (χ0) is 11.5. The van der Waals surface area contributed by atoms with Crippen LogP contribution in [0, 0.1) is 0 Å². The van der Waals surface area contributed by atoms with Gasteiger partial charge in [0.1, 0.15) is 0 Å². The number of carbonyl (C=O) groups is 1. The summed E-state index contributed by atoms with van der Waals surface area (Å²) < 4.78 is 5.34. The third kappa shape index (κ3) is 2.14. The normalized spacial score (nSPS) is 12.4. The molecule has 0 saturated heterocycles. The summed E-state index contributed by atoms with van der Waals surface area (Å²) in [4.78, 5) is 11.0. The summed E-state index contributed by atoms with van der Waals surface area (Å²) in [5, 5.41) is 3.59. The first kappa shape index (κ1) is 10.9. The zero-order valence-corrected chi connectivity index (χ0v) is 10.6. The van der Waals surface area contributed by atoms with Gasteiger partial charge in [-0.3, -0.25) is 4.79 Å². The van der Waals surface area contributed by atoms with Crippen molar-refractivity contribution in [3.63, 3.8) is 0 Å². The largest absolute Gasteiger partial charge is 0.518 e. The molecule has 0 spiro atoms. The SMILES string of the molecule is CC(=O)O[SiH](C)c1cccc2ccccc12. The molecule has 2 rings (SSSR count). The maximum atomic E-state index is 11.0. The molecule has 0 aliphatic rings. The monoisotopic (exact) mass is 230 g/mol. The maximum absolute atomic E-state index is 11.0. The van der Waals surface area contributed by atoms with Gasteiger partial charge >= 0.3 is 0 Å². The summed E-state index contributed by atoms with van der Waals surface area (Å²) in [6, 6.07) is 14.3. The first-order valence-electron chi connectivity index (χ1n) is 5.33. The van der Waals surface area contributed by atoms with Crippen LogP contribution in [0.15, 0.2) is 42.5 Å². The Morgan fingerprint density at radius 1 is 1.12 bits per heavy atom. The highest BCUT2D eigenvalue weighted by atomic mass is 28.3. The smallest absolute Gasteiger partial charge is 0.289 e. The Labute approximate surface area is 96.6 Å². The van der Waals surface area contributed by atoms with Crippen LogP contribution in [0.3, 0.4) is 0 Å². The minimum absolute atomic E-state index is 0.188. The molecule has 1 unspecified atom stereocenters. The van der Waals surface area contributed by atoms with Gasteiger partial charge in [-0.25, -0.2) is 0 Å². The second kappa shape index (κ2) is 4.49. The van der Waals surface area contributed by atoms with Gasteiger partial charge in [-0.2, -0.15) is 0 Å². The average molecular weight is 230 g/mol. The molecule has 0 radical (unpaired) electrons. The van der Waals surface area contributed by atoms with E-state index < -0.39 is 9.04 Å². The summed E-state index contributed by atoms with van der Waals surface area (Å²) >= 11 is 0. The van der Waals surface area contributed by atoms with Crippen molar-refractivity contribution in [2.24, 2.45) is 0 Å². The summed E-state index contributed by atoms with van der Waals surface area (Å²) in [6.07, 6.45) is 0. The van der Waals surface area contributed by atoms with Crippen molar-refractivity contribution < 1.29 is 9.22 Å². The number of carbonyl (C=O) groups excluding carboxylic acids is 1. The predicted octanol–water partition coefficient (Wildman–Crippen LogP) is 1.96. The molecule has 1 atom stereocenters. The maximum Gasteiger partial charge on any atom is 0.289 e. The molecule has 0 aliphatic carbocycles. The van der Waals surface area contributed by atoms with Crippen LogP contribution in [-0.4, -0.2) is 15.0 Å². The lowest BCUT2D eigenvalue weighted by Crippen LogP contribution is -2.32. The molecule has 0 N–H and O–H groups in total. The molecular formula is C13H14O2Si. The molecular weight excluding hydrogens is 216 g/mol. The van der Waals surface area contributed by atoms with E-state index in [-0.39, 0.29) is 5.97 Å². The Kier molecular flexibility index (Phi) is 3.06. The van der Waals surface area contributed by atoms with Crippen molar-refractivity contribution in [1.82, 2.24) is 0 Å². The van der Waals surface area contributed by atoms with E-state index in [1.807, 2.05) is 24.7 Å². The Morgan fingerprint density at radius 2 is 1.81 bits per heavy atom. The van der Waals surface area contributed by atoms with Crippen LogP contribution in [0.4, 0.5) is 0 Å². The fourth-order valence-electron chi connectivity index (χ4n) is 1.92. The van der Waals surface area contributed by atoms with Gasteiger partial charge in [-0.15, -0.1) is 0 Å². The molecule has 0 fully saturated rings. The lowest BCUT2D eigenvalue weighted by molar-refractivity contribution is -0.132. The fourth-order valence-corrected chi connectivity index (χ4v) is 3.63. The molecule has 2 aromatic carbocycles. The van der Waals surface area contributed by atoms with E-state index in [9.17, 15) is 4.79 Å². The van der Waals surface area contributed by atoms with Crippen molar-refractivity contribution in [2.75, 3.05) is 0 Å². The van der Waals surface area contributed by atoms with Crippen LogP contribution >= 0.6 is 0 Å². The molecule has 0 amide bonds. The summed E-state index contributed by atoms with van der Waals surface area (Å²) in [7, 11) is -1.62. The standard InChI is InChI=1S/C13H14O2Si/c1-10(14)15-16(2)13-9-5-7-11-6-3-4-8-12(11)13/h3-9,16H,1-2H3.